The van der Waals surface area contributed by atoms with Crippen molar-refractivity contribution in [2.45, 2.75) is 13.8 Å². The van der Waals surface area contributed by atoms with E-state index in [1.165, 1.54) is 12.1 Å². The van der Waals surface area contributed by atoms with Crippen molar-refractivity contribution in [3.63, 3.8) is 0 Å². The van der Waals surface area contributed by atoms with Crippen molar-refractivity contribution in [3.05, 3.63) is 24.3 Å². The standard InChI is InChI=1S/C6H7NO2.C2H6/c8-6-3-1-5(7-9)2-4-6;1-2/h1-4,7-9H;1-2H3. The van der Waals surface area contributed by atoms with Crippen LogP contribution in [-0.2, 0) is 0 Å². The average molecular weight is 155 g/mol. The Morgan fingerprint density at radius 1 is 1.09 bits per heavy atom. The third-order valence-corrected chi connectivity index (χ3v) is 0.996. The van der Waals surface area contributed by atoms with Gasteiger partial charge >= 0.3 is 0 Å². The number of anilines is 1. The molecule has 0 aromatic heterocycles. The highest BCUT2D eigenvalue weighted by Crippen LogP contribution is 2.12. The Morgan fingerprint density at radius 2 is 1.55 bits per heavy atom. The lowest BCUT2D eigenvalue weighted by Crippen LogP contribution is -1.86. The van der Waals surface area contributed by atoms with E-state index in [0.717, 1.165) is 0 Å². The lowest BCUT2D eigenvalue weighted by molar-refractivity contribution is 0.388. The van der Waals surface area contributed by atoms with Gasteiger partial charge in [0.25, 0.3) is 0 Å². The molecule has 0 saturated carbocycles. The van der Waals surface area contributed by atoms with Crippen LogP contribution < -0.4 is 5.48 Å². The van der Waals surface area contributed by atoms with Crippen LogP contribution in [0.4, 0.5) is 5.69 Å². The Morgan fingerprint density at radius 3 is 1.91 bits per heavy atom. The average Bonchev–Trinajstić information content (AvgIpc) is 2.10. The maximum absolute atomic E-state index is 8.74. The molecule has 0 radical (unpaired) electrons. The lowest BCUT2D eigenvalue weighted by atomic mass is 10.3. The Balaban J connectivity index is 0.000000461. The molecule has 0 atom stereocenters. The van der Waals surface area contributed by atoms with Gasteiger partial charge in [0.05, 0.1) is 5.69 Å². The topological polar surface area (TPSA) is 52.5 Å². The van der Waals surface area contributed by atoms with Crippen LogP contribution in [0.2, 0.25) is 0 Å². The first-order valence-electron chi connectivity index (χ1n) is 3.52. The molecule has 0 fully saturated rings. The number of hydrogen-bond acceptors (Lipinski definition) is 3. The molecule has 3 nitrogen and oxygen atoms in total. The summed E-state index contributed by atoms with van der Waals surface area (Å²) in [5.41, 5.74) is 2.51. The van der Waals surface area contributed by atoms with Gasteiger partial charge in [0, 0.05) is 0 Å². The molecule has 0 aliphatic rings. The molecule has 3 heteroatoms. The number of benzene rings is 1. The molecule has 0 saturated heterocycles. The van der Waals surface area contributed by atoms with Gasteiger partial charge in [-0.15, -0.1) is 0 Å². The Hall–Kier alpha value is -1.22. The molecule has 3 N–H and O–H groups in total. The maximum Gasteiger partial charge on any atom is 0.115 e. The molecule has 0 amide bonds. The third kappa shape index (κ3) is 3.47. The molecule has 1 aromatic rings. The van der Waals surface area contributed by atoms with Gasteiger partial charge in [-0.25, -0.2) is 0 Å². The molecule has 62 valence electrons. The van der Waals surface area contributed by atoms with Crippen LogP contribution in [0.3, 0.4) is 0 Å². The number of phenols is 1. The highest BCUT2D eigenvalue weighted by molar-refractivity contribution is 5.43. The maximum atomic E-state index is 8.74. The van der Waals surface area contributed by atoms with E-state index < -0.39 is 0 Å². The van der Waals surface area contributed by atoms with Crippen LogP contribution in [0.1, 0.15) is 13.8 Å². The van der Waals surface area contributed by atoms with Gasteiger partial charge in [0.15, 0.2) is 0 Å². The van der Waals surface area contributed by atoms with E-state index in [9.17, 15) is 0 Å². The van der Waals surface area contributed by atoms with Crippen LogP contribution in [0.15, 0.2) is 24.3 Å². The van der Waals surface area contributed by atoms with Gasteiger partial charge in [-0.1, -0.05) is 13.8 Å². The molecule has 0 bridgehead atoms. The van der Waals surface area contributed by atoms with Crippen molar-refractivity contribution < 1.29 is 10.3 Å². The van der Waals surface area contributed by atoms with Gasteiger partial charge in [-0.3, -0.25) is 10.7 Å². The highest BCUT2D eigenvalue weighted by Gasteiger charge is 1.86. The van der Waals surface area contributed by atoms with E-state index >= 15 is 0 Å². The van der Waals surface area contributed by atoms with Crippen molar-refractivity contribution in [1.29, 1.82) is 0 Å². The fourth-order valence-corrected chi connectivity index (χ4v) is 0.536. The summed E-state index contributed by atoms with van der Waals surface area (Å²) in [5, 5.41) is 17.0. The van der Waals surface area contributed by atoms with Gasteiger partial charge < -0.3 is 5.11 Å². The summed E-state index contributed by atoms with van der Waals surface area (Å²) < 4.78 is 0. The first kappa shape index (κ1) is 9.78. The molecule has 0 unspecified atom stereocenters. The molecule has 1 rings (SSSR count). The van der Waals surface area contributed by atoms with Crippen LogP contribution >= 0.6 is 0 Å². The number of rotatable bonds is 1. The largest absolute Gasteiger partial charge is 0.508 e. The van der Waals surface area contributed by atoms with E-state index in [2.05, 4.69) is 0 Å². The van der Waals surface area contributed by atoms with Crippen LogP contribution in [0.25, 0.3) is 0 Å². The fourth-order valence-electron chi connectivity index (χ4n) is 0.536. The molecule has 0 heterocycles. The number of aromatic hydroxyl groups is 1. The van der Waals surface area contributed by atoms with E-state index in [-0.39, 0.29) is 5.75 Å². The predicted octanol–water partition coefficient (Wildman–Crippen LogP) is 2.22. The summed E-state index contributed by atoms with van der Waals surface area (Å²) in [5.74, 6) is 0.189. The van der Waals surface area contributed by atoms with E-state index in [1.54, 1.807) is 12.1 Å². The van der Waals surface area contributed by atoms with Crippen molar-refractivity contribution in [3.8, 4) is 5.75 Å². The smallest absolute Gasteiger partial charge is 0.115 e. The molecule has 11 heavy (non-hydrogen) atoms. The highest BCUT2D eigenvalue weighted by atomic mass is 16.5. The van der Waals surface area contributed by atoms with E-state index in [4.69, 9.17) is 10.3 Å². The summed E-state index contributed by atoms with van der Waals surface area (Å²) in [6.07, 6.45) is 0. The number of nitrogens with one attached hydrogen (secondary N) is 1. The predicted molar refractivity (Wildman–Crippen MR) is 44.9 cm³/mol. The minimum absolute atomic E-state index is 0.189. The Bertz CT molecular complexity index is 184. The second-order valence-electron chi connectivity index (χ2n) is 1.66. The minimum Gasteiger partial charge on any atom is -0.508 e. The Kier molecular flexibility index (Phi) is 4.94. The van der Waals surface area contributed by atoms with Crippen molar-refractivity contribution in [2.24, 2.45) is 0 Å². The van der Waals surface area contributed by atoms with Crippen LogP contribution in [-0.4, -0.2) is 10.3 Å². The summed E-state index contributed by atoms with van der Waals surface area (Å²) in [7, 11) is 0. The van der Waals surface area contributed by atoms with Crippen molar-refractivity contribution in [2.75, 3.05) is 5.48 Å². The second-order valence-corrected chi connectivity index (χ2v) is 1.66. The Labute approximate surface area is 66.3 Å². The molecular weight excluding hydrogens is 142 g/mol. The molecular formula is C8H13NO2. The normalized spacial score (nSPS) is 7.91. The second kappa shape index (κ2) is 5.56. The minimum atomic E-state index is 0.189. The number of hydrogen-bond donors (Lipinski definition) is 3. The van der Waals surface area contributed by atoms with Crippen molar-refractivity contribution >= 4 is 5.69 Å². The molecule has 1 aromatic carbocycles. The summed E-state index contributed by atoms with van der Waals surface area (Å²) in [6.45, 7) is 4.00. The fraction of sp³-hybridized carbons (Fsp3) is 0.250. The van der Waals surface area contributed by atoms with Gasteiger partial charge in [-0.05, 0) is 24.3 Å². The van der Waals surface area contributed by atoms with Gasteiger partial charge in [0.2, 0.25) is 0 Å². The molecule has 0 aliphatic carbocycles. The SMILES string of the molecule is CC.ONc1ccc(O)cc1. The zero-order chi connectivity index (χ0) is 8.69. The quantitative estimate of drug-likeness (QED) is 0.430. The third-order valence-electron chi connectivity index (χ3n) is 0.996. The summed E-state index contributed by atoms with van der Waals surface area (Å²) >= 11 is 0. The molecule has 0 spiro atoms. The molecule has 0 aliphatic heterocycles. The van der Waals surface area contributed by atoms with Gasteiger partial charge in [-0.2, -0.15) is 0 Å². The zero-order valence-corrected chi connectivity index (χ0v) is 6.70. The van der Waals surface area contributed by atoms with Crippen molar-refractivity contribution in [1.82, 2.24) is 0 Å². The lowest BCUT2D eigenvalue weighted by Gasteiger charge is -1.95. The number of phenolic OH excluding ortho intramolecular Hbond substituents is 1. The van der Waals surface area contributed by atoms with E-state index in [1.807, 2.05) is 19.3 Å². The monoisotopic (exact) mass is 155 g/mol. The first-order chi connectivity index (χ1) is 5.33. The summed E-state index contributed by atoms with van der Waals surface area (Å²) in [6, 6.07) is 6.10. The van der Waals surface area contributed by atoms with Gasteiger partial charge in [0.1, 0.15) is 5.75 Å². The first-order valence-corrected chi connectivity index (χ1v) is 3.52. The van der Waals surface area contributed by atoms with Crippen LogP contribution in [0.5, 0.6) is 5.75 Å². The van der Waals surface area contributed by atoms with Crippen LogP contribution in [0, 0.1) is 0 Å². The summed E-state index contributed by atoms with van der Waals surface area (Å²) in [4.78, 5) is 0. The van der Waals surface area contributed by atoms with E-state index in [0.29, 0.717) is 5.69 Å². The zero-order valence-electron chi connectivity index (χ0n) is 6.70.